The minimum Gasteiger partial charge on any atom is -0.301 e. The van der Waals surface area contributed by atoms with Gasteiger partial charge >= 0.3 is 6.18 Å². The molecule has 0 fully saturated rings. The number of amides is 1. The first-order valence-electron chi connectivity index (χ1n) is 10.3. The Labute approximate surface area is 207 Å². The van der Waals surface area contributed by atoms with E-state index in [2.05, 4.69) is 32.1 Å². The van der Waals surface area contributed by atoms with Crippen LogP contribution in [0, 0.1) is 0 Å². The van der Waals surface area contributed by atoms with Crippen LogP contribution >= 0.6 is 23.1 Å². The lowest BCUT2D eigenvalue weighted by molar-refractivity contribution is -0.137. The monoisotopic (exact) mass is 516 g/mol. The van der Waals surface area contributed by atoms with E-state index in [9.17, 15) is 18.0 Å². The van der Waals surface area contributed by atoms with E-state index in [1.807, 2.05) is 16.7 Å². The molecule has 1 amide bonds. The molecule has 0 atom stereocenters. The van der Waals surface area contributed by atoms with Crippen molar-refractivity contribution >= 4 is 34.1 Å². The summed E-state index contributed by atoms with van der Waals surface area (Å²) in [6, 6.07) is 8.81. The van der Waals surface area contributed by atoms with E-state index in [4.69, 9.17) is 0 Å². The lowest BCUT2D eigenvalue weighted by Gasteiger charge is -2.08. The van der Waals surface area contributed by atoms with Crippen LogP contribution in [0.5, 0.6) is 0 Å². The van der Waals surface area contributed by atoms with Gasteiger partial charge in [0.15, 0.2) is 16.1 Å². The fourth-order valence-corrected chi connectivity index (χ4v) is 4.81. The molecule has 0 spiro atoms. The number of thioether (sulfide) groups is 1. The van der Waals surface area contributed by atoms with Gasteiger partial charge in [0.1, 0.15) is 0 Å². The Bertz CT molecular complexity index is 1320. The minimum absolute atomic E-state index is 0.0775. The molecule has 0 saturated carbocycles. The van der Waals surface area contributed by atoms with Crippen LogP contribution in [-0.4, -0.2) is 36.4 Å². The van der Waals surface area contributed by atoms with E-state index < -0.39 is 11.7 Å². The number of anilines is 1. The van der Waals surface area contributed by atoms with Gasteiger partial charge in [0, 0.05) is 42.0 Å². The summed E-state index contributed by atoms with van der Waals surface area (Å²) in [4.78, 5) is 21.4. The summed E-state index contributed by atoms with van der Waals surface area (Å²) in [5, 5.41) is 12.1. The van der Waals surface area contributed by atoms with Gasteiger partial charge in [-0.3, -0.25) is 14.3 Å². The third-order valence-electron chi connectivity index (χ3n) is 4.73. The molecule has 180 valence electrons. The highest BCUT2D eigenvalue weighted by molar-refractivity contribution is 7.99. The van der Waals surface area contributed by atoms with Crippen molar-refractivity contribution in [3.63, 3.8) is 0 Å². The zero-order valence-corrected chi connectivity index (χ0v) is 19.8. The van der Waals surface area contributed by atoms with Gasteiger partial charge in [0.2, 0.25) is 5.91 Å². The first kappa shape index (κ1) is 24.6. The Kier molecular flexibility index (Phi) is 7.61. The molecular weight excluding hydrogens is 497 g/mol. The third kappa shape index (κ3) is 6.34. The Morgan fingerprint density at radius 1 is 1.20 bits per heavy atom. The van der Waals surface area contributed by atoms with Crippen molar-refractivity contribution in [3.8, 4) is 11.4 Å². The summed E-state index contributed by atoms with van der Waals surface area (Å²) < 4.78 is 40.6. The summed E-state index contributed by atoms with van der Waals surface area (Å²) in [7, 11) is 0. The smallest absolute Gasteiger partial charge is 0.301 e. The fourth-order valence-electron chi connectivity index (χ4n) is 3.19. The highest BCUT2D eigenvalue weighted by Gasteiger charge is 2.30. The van der Waals surface area contributed by atoms with Gasteiger partial charge in [-0.1, -0.05) is 36.0 Å². The number of alkyl halides is 3. The molecule has 0 aliphatic heterocycles. The van der Waals surface area contributed by atoms with Crippen LogP contribution in [-0.2, 0) is 23.9 Å². The van der Waals surface area contributed by atoms with Gasteiger partial charge in [-0.25, -0.2) is 4.98 Å². The Morgan fingerprint density at radius 2 is 2.00 bits per heavy atom. The molecule has 0 bridgehead atoms. The van der Waals surface area contributed by atoms with E-state index in [1.54, 1.807) is 30.7 Å². The van der Waals surface area contributed by atoms with Crippen LogP contribution in [0.4, 0.5) is 18.3 Å². The summed E-state index contributed by atoms with van der Waals surface area (Å²) in [6.45, 7) is 4.24. The van der Waals surface area contributed by atoms with Gasteiger partial charge in [-0.05, 0) is 23.8 Å². The van der Waals surface area contributed by atoms with Crippen LogP contribution in [0.2, 0.25) is 0 Å². The average molecular weight is 517 g/mol. The first-order chi connectivity index (χ1) is 16.8. The maximum atomic E-state index is 12.9. The molecule has 0 aliphatic rings. The number of allylic oxidation sites excluding steroid dienone is 1. The number of carbonyl (C=O) groups is 1. The molecule has 7 nitrogen and oxygen atoms in total. The standard InChI is InChI=1S/C23H19F3N6OS2/c1-2-10-32-20(16-6-8-27-9-7-16)30-31-22(32)34-14-19(33)29-21-28-13-18(35-21)12-15-4-3-5-17(11-15)23(24,25)26/h2-9,11,13H,1,10,12,14H2,(H,28,29,33). The van der Waals surface area contributed by atoms with Crippen molar-refractivity contribution < 1.29 is 18.0 Å². The second-order valence-corrected chi connectivity index (χ2v) is 9.34. The van der Waals surface area contributed by atoms with Crippen molar-refractivity contribution in [2.24, 2.45) is 0 Å². The van der Waals surface area contributed by atoms with E-state index >= 15 is 0 Å². The van der Waals surface area contributed by atoms with Crippen LogP contribution in [0.3, 0.4) is 0 Å². The van der Waals surface area contributed by atoms with E-state index in [0.717, 1.165) is 22.6 Å². The quantitative estimate of drug-likeness (QED) is 0.239. The molecule has 4 aromatic rings. The first-order valence-corrected chi connectivity index (χ1v) is 12.1. The second kappa shape index (κ2) is 10.8. The number of hydrogen-bond acceptors (Lipinski definition) is 7. The Hall–Kier alpha value is -3.51. The lowest BCUT2D eigenvalue weighted by atomic mass is 10.1. The zero-order chi connectivity index (χ0) is 24.8. The highest BCUT2D eigenvalue weighted by atomic mass is 32.2. The maximum absolute atomic E-state index is 12.9. The highest BCUT2D eigenvalue weighted by Crippen LogP contribution is 2.31. The van der Waals surface area contributed by atoms with Crippen molar-refractivity contribution in [1.82, 2.24) is 24.7 Å². The van der Waals surface area contributed by atoms with Gasteiger partial charge < -0.3 is 5.32 Å². The molecule has 0 unspecified atom stereocenters. The molecule has 0 aliphatic carbocycles. The number of thiazole rings is 1. The number of nitrogens with zero attached hydrogens (tertiary/aromatic N) is 5. The van der Waals surface area contributed by atoms with Gasteiger partial charge in [0.25, 0.3) is 0 Å². The van der Waals surface area contributed by atoms with Crippen molar-refractivity contribution in [2.75, 3.05) is 11.1 Å². The SMILES string of the molecule is C=CCn1c(SCC(=O)Nc2ncc(Cc3cccc(C(F)(F)F)c3)s2)nnc1-c1ccncc1. The molecular formula is C23H19F3N6OS2. The fraction of sp³-hybridized carbons (Fsp3) is 0.174. The second-order valence-electron chi connectivity index (χ2n) is 7.28. The van der Waals surface area contributed by atoms with Crippen molar-refractivity contribution in [1.29, 1.82) is 0 Å². The van der Waals surface area contributed by atoms with Crippen molar-refractivity contribution in [2.45, 2.75) is 24.3 Å². The summed E-state index contributed by atoms with van der Waals surface area (Å²) in [5.41, 5.74) is 0.673. The normalized spacial score (nSPS) is 11.4. The number of halogens is 3. The van der Waals surface area contributed by atoms with E-state index in [0.29, 0.717) is 28.2 Å². The predicted octanol–water partition coefficient (Wildman–Crippen LogP) is 5.32. The number of rotatable bonds is 9. The van der Waals surface area contributed by atoms with Crippen LogP contribution in [0.1, 0.15) is 16.0 Å². The van der Waals surface area contributed by atoms with Gasteiger partial charge in [-0.15, -0.1) is 28.1 Å². The van der Waals surface area contributed by atoms with Crippen molar-refractivity contribution in [3.05, 3.63) is 83.6 Å². The molecule has 35 heavy (non-hydrogen) atoms. The van der Waals surface area contributed by atoms with Crippen LogP contribution < -0.4 is 5.32 Å². The minimum atomic E-state index is -4.39. The summed E-state index contributed by atoms with van der Waals surface area (Å²) in [6.07, 6.45) is 2.49. The summed E-state index contributed by atoms with van der Waals surface area (Å²) in [5.74, 6) is 0.441. The van der Waals surface area contributed by atoms with Gasteiger partial charge in [-0.2, -0.15) is 13.2 Å². The summed E-state index contributed by atoms with van der Waals surface area (Å²) >= 11 is 2.45. The molecule has 4 rings (SSSR count). The van der Waals surface area contributed by atoms with E-state index in [-0.39, 0.29) is 18.1 Å². The molecule has 3 heterocycles. The van der Waals surface area contributed by atoms with Crippen LogP contribution in [0.25, 0.3) is 11.4 Å². The number of carbonyl (C=O) groups excluding carboxylic acids is 1. The molecule has 3 aromatic heterocycles. The predicted molar refractivity (Wildman–Crippen MR) is 129 cm³/mol. The largest absolute Gasteiger partial charge is 0.416 e. The number of benzene rings is 1. The zero-order valence-electron chi connectivity index (χ0n) is 18.2. The number of pyridine rings is 1. The average Bonchev–Trinajstić information content (AvgIpc) is 3.45. The lowest BCUT2D eigenvalue weighted by Crippen LogP contribution is -2.14. The number of nitrogens with one attached hydrogen (secondary N) is 1. The van der Waals surface area contributed by atoms with E-state index in [1.165, 1.54) is 29.2 Å². The Balaban J connectivity index is 1.36. The third-order valence-corrected chi connectivity index (χ3v) is 6.61. The van der Waals surface area contributed by atoms with Crippen LogP contribution in [0.15, 0.2) is 72.8 Å². The van der Waals surface area contributed by atoms with Gasteiger partial charge in [0.05, 0.1) is 11.3 Å². The molecule has 0 radical (unpaired) electrons. The topological polar surface area (TPSA) is 85.6 Å². The number of aromatic nitrogens is 5. The molecule has 0 saturated heterocycles. The number of hydrogen-bond donors (Lipinski definition) is 1. The molecule has 1 aromatic carbocycles. The maximum Gasteiger partial charge on any atom is 0.416 e. The molecule has 1 N–H and O–H groups in total. The Morgan fingerprint density at radius 3 is 2.74 bits per heavy atom. The molecule has 12 heteroatoms.